The summed E-state index contributed by atoms with van der Waals surface area (Å²) < 4.78 is 2.94. The lowest BCUT2D eigenvalue weighted by atomic mass is 10.1. The molecule has 0 atom stereocenters. The molecule has 0 amide bonds. The van der Waals surface area contributed by atoms with E-state index in [4.69, 9.17) is 5.26 Å². The van der Waals surface area contributed by atoms with Crippen LogP contribution in [0.1, 0.15) is 46.2 Å². The van der Waals surface area contributed by atoms with Crippen molar-refractivity contribution >= 4 is 10.9 Å². The zero-order chi connectivity index (χ0) is 15.1. The monoisotopic (exact) mass is 273 g/mol. The van der Waals surface area contributed by atoms with Crippen molar-refractivity contribution in [2.75, 3.05) is 0 Å². The van der Waals surface area contributed by atoms with Gasteiger partial charge in [-0.3, -0.25) is 9.48 Å². The van der Waals surface area contributed by atoms with Crippen molar-refractivity contribution < 1.29 is 0 Å². The molecule has 0 aromatic carbocycles. The summed E-state index contributed by atoms with van der Waals surface area (Å²) in [7, 11) is 0. The summed E-state index contributed by atoms with van der Waals surface area (Å²) in [5.41, 5.74) is 0.747. The molecule has 20 heavy (non-hydrogen) atoms. The highest BCUT2D eigenvalue weighted by Gasteiger charge is 2.23. The highest BCUT2D eigenvalue weighted by atomic mass is 16.1. The van der Waals surface area contributed by atoms with Crippen LogP contribution in [0.15, 0.2) is 11.0 Å². The summed E-state index contributed by atoms with van der Waals surface area (Å²) >= 11 is 0. The molecule has 0 radical (unpaired) electrons. The van der Waals surface area contributed by atoms with Crippen molar-refractivity contribution in [3.05, 3.63) is 22.2 Å². The van der Waals surface area contributed by atoms with Gasteiger partial charge in [-0.15, -0.1) is 0 Å². The number of rotatable bonds is 2. The van der Waals surface area contributed by atoms with E-state index in [9.17, 15) is 4.79 Å². The van der Waals surface area contributed by atoms with Crippen LogP contribution in [0.25, 0.3) is 10.9 Å². The van der Waals surface area contributed by atoms with Crippen LogP contribution in [0.2, 0.25) is 0 Å². The lowest BCUT2D eigenvalue weighted by Crippen LogP contribution is -2.31. The van der Waals surface area contributed by atoms with E-state index in [1.165, 1.54) is 4.68 Å². The Balaban J connectivity index is 2.92. The molecule has 0 saturated heterocycles. The maximum absolute atomic E-state index is 12.5. The normalized spacial score (nSPS) is 12.1. The molecule has 0 bridgehead atoms. The number of hydrogen-bond donors (Lipinski definition) is 0. The van der Waals surface area contributed by atoms with Crippen LogP contribution < -0.4 is 5.56 Å². The molecule has 6 heteroatoms. The fraction of sp³-hybridized carbons (Fsp3) is 0.571. The van der Waals surface area contributed by atoms with Crippen molar-refractivity contribution in [2.45, 2.75) is 52.6 Å². The van der Waals surface area contributed by atoms with Gasteiger partial charge in [0.05, 0.1) is 23.5 Å². The van der Waals surface area contributed by atoms with E-state index in [1.807, 2.05) is 40.7 Å². The molecule has 0 spiro atoms. The van der Waals surface area contributed by atoms with Crippen molar-refractivity contribution in [3.8, 4) is 6.07 Å². The fourth-order valence-electron chi connectivity index (χ4n) is 2.20. The second-order valence-electron chi connectivity index (χ2n) is 6.15. The Morgan fingerprint density at radius 3 is 2.55 bits per heavy atom. The Morgan fingerprint density at radius 2 is 2.05 bits per heavy atom. The third-order valence-electron chi connectivity index (χ3n) is 3.11. The first-order valence-electron chi connectivity index (χ1n) is 6.63. The van der Waals surface area contributed by atoms with Gasteiger partial charge in [0.25, 0.3) is 5.56 Å². The predicted molar refractivity (Wildman–Crippen MR) is 76.5 cm³/mol. The minimum absolute atomic E-state index is 0.0518. The molecule has 0 aliphatic carbocycles. The van der Waals surface area contributed by atoms with Gasteiger partial charge in [0.1, 0.15) is 12.1 Å². The largest absolute Gasteiger partial charge is 0.293 e. The third-order valence-corrected chi connectivity index (χ3v) is 3.11. The number of hydrogen-bond acceptors (Lipinski definition) is 4. The quantitative estimate of drug-likeness (QED) is 0.838. The molecule has 2 heterocycles. The smallest absolute Gasteiger partial charge is 0.265 e. The summed E-state index contributed by atoms with van der Waals surface area (Å²) in [6.07, 6.45) is 1.70. The SMILES string of the molecule is CC(C)c1nn(CC#N)c(=O)c2c1cnn2C(C)(C)C. The average Bonchev–Trinajstić information content (AvgIpc) is 2.77. The van der Waals surface area contributed by atoms with Gasteiger partial charge in [0.15, 0.2) is 0 Å². The molecule has 2 aromatic rings. The first kappa shape index (κ1) is 14.3. The van der Waals surface area contributed by atoms with Gasteiger partial charge < -0.3 is 0 Å². The van der Waals surface area contributed by atoms with Crippen LogP contribution in [0, 0.1) is 11.3 Å². The molecular weight excluding hydrogens is 254 g/mol. The van der Waals surface area contributed by atoms with Crippen LogP contribution >= 0.6 is 0 Å². The summed E-state index contributed by atoms with van der Waals surface area (Å²) in [5, 5.41) is 18.3. The molecule has 0 aliphatic heterocycles. The maximum atomic E-state index is 12.5. The Morgan fingerprint density at radius 1 is 1.40 bits per heavy atom. The summed E-state index contributed by atoms with van der Waals surface area (Å²) in [6.45, 7) is 9.94. The Hall–Kier alpha value is -2.16. The highest BCUT2D eigenvalue weighted by molar-refractivity contribution is 5.80. The number of nitriles is 1. The van der Waals surface area contributed by atoms with Gasteiger partial charge in [-0.1, -0.05) is 13.8 Å². The van der Waals surface area contributed by atoms with Gasteiger partial charge in [0, 0.05) is 5.39 Å². The van der Waals surface area contributed by atoms with Crippen LogP contribution in [-0.2, 0) is 12.1 Å². The van der Waals surface area contributed by atoms with E-state index >= 15 is 0 Å². The second kappa shape index (κ2) is 4.75. The lowest BCUT2D eigenvalue weighted by Gasteiger charge is -2.20. The van der Waals surface area contributed by atoms with Gasteiger partial charge in [-0.05, 0) is 26.7 Å². The van der Waals surface area contributed by atoms with Crippen LogP contribution in [0.5, 0.6) is 0 Å². The van der Waals surface area contributed by atoms with E-state index in [-0.39, 0.29) is 23.6 Å². The van der Waals surface area contributed by atoms with E-state index in [1.54, 1.807) is 10.9 Å². The van der Waals surface area contributed by atoms with Gasteiger partial charge in [0.2, 0.25) is 0 Å². The van der Waals surface area contributed by atoms with E-state index < -0.39 is 0 Å². The summed E-state index contributed by atoms with van der Waals surface area (Å²) in [4.78, 5) is 12.5. The number of fused-ring (bicyclic) bond motifs is 1. The molecule has 0 aliphatic rings. The molecule has 2 aromatic heterocycles. The first-order chi connectivity index (χ1) is 9.27. The van der Waals surface area contributed by atoms with Crippen molar-refractivity contribution in [3.63, 3.8) is 0 Å². The molecule has 0 N–H and O–H groups in total. The maximum Gasteiger partial charge on any atom is 0.293 e. The summed E-state index contributed by atoms with van der Waals surface area (Å²) in [6, 6.07) is 1.98. The molecular formula is C14H19N5O. The zero-order valence-electron chi connectivity index (χ0n) is 12.5. The Kier molecular flexibility index (Phi) is 3.38. The number of nitrogens with zero attached hydrogens (tertiary/aromatic N) is 5. The second-order valence-corrected chi connectivity index (χ2v) is 6.15. The number of aromatic nitrogens is 4. The van der Waals surface area contributed by atoms with E-state index in [0.717, 1.165) is 11.1 Å². The van der Waals surface area contributed by atoms with E-state index in [0.29, 0.717) is 5.52 Å². The van der Waals surface area contributed by atoms with Gasteiger partial charge in [-0.2, -0.15) is 15.5 Å². The Bertz CT molecular complexity index is 740. The van der Waals surface area contributed by atoms with Crippen molar-refractivity contribution in [2.24, 2.45) is 0 Å². The standard InChI is InChI=1S/C14H19N5O/c1-9(2)11-10-8-16-19(14(3,4)5)12(10)13(20)18(17-11)7-6-15/h8-9H,7H2,1-5H3. The molecule has 6 nitrogen and oxygen atoms in total. The van der Waals surface area contributed by atoms with Crippen LogP contribution in [-0.4, -0.2) is 19.6 Å². The third kappa shape index (κ3) is 2.20. The average molecular weight is 273 g/mol. The minimum atomic E-state index is -0.305. The first-order valence-corrected chi connectivity index (χ1v) is 6.63. The van der Waals surface area contributed by atoms with Crippen LogP contribution in [0.3, 0.4) is 0 Å². The van der Waals surface area contributed by atoms with Crippen LogP contribution in [0.4, 0.5) is 0 Å². The molecule has 2 rings (SSSR count). The molecule has 0 saturated carbocycles. The van der Waals surface area contributed by atoms with Crippen molar-refractivity contribution in [1.82, 2.24) is 19.6 Å². The van der Waals surface area contributed by atoms with Gasteiger partial charge >= 0.3 is 0 Å². The minimum Gasteiger partial charge on any atom is -0.265 e. The molecule has 0 unspecified atom stereocenters. The highest BCUT2D eigenvalue weighted by Crippen LogP contribution is 2.24. The zero-order valence-corrected chi connectivity index (χ0v) is 12.5. The predicted octanol–water partition coefficient (Wildman–Crippen LogP) is 1.99. The molecule has 106 valence electrons. The Labute approximate surface area is 117 Å². The van der Waals surface area contributed by atoms with Crippen molar-refractivity contribution in [1.29, 1.82) is 5.26 Å². The lowest BCUT2D eigenvalue weighted by molar-refractivity contribution is 0.366. The topological polar surface area (TPSA) is 76.5 Å². The molecule has 0 fully saturated rings. The van der Waals surface area contributed by atoms with Gasteiger partial charge in [-0.25, -0.2) is 4.68 Å². The van der Waals surface area contributed by atoms with E-state index in [2.05, 4.69) is 10.2 Å². The fourth-order valence-corrected chi connectivity index (χ4v) is 2.20. The summed E-state index contributed by atoms with van der Waals surface area (Å²) in [5.74, 6) is 0.153.